The maximum atomic E-state index is 12.8. The molecule has 1 aliphatic heterocycles. The van der Waals surface area contributed by atoms with Crippen LogP contribution in [-0.4, -0.2) is 55.2 Å². The summed E-state index contributed by atoms with van der Waals surface area (Å²) < 4.78 is 38.4. The van der Waals surface area contributed by atoms with E-state index in [4.69, 9.17) is 0 Å². The smallest absolute Gasteiger partial charge is 0.368 e. The highest BCUT2D eigenvalue weighted by atomic mass is 19.4. The molecule has 1 saturated heterocycles. The fourth-order valence-corrected chi connectivity index (χ4v) is 3.43. The first-order valence-electron chi connectivity index (χ1n) is 10.2. The standard InChI is InChI=1S/C22H24F3N7/c1-30(2)20-27-19(26-17-10-8-16(9-11-17)22(23,24)25)28-21(29-20)32-14-12-31(13-15-32)18-6-4-3-5-7-18/h3-11H,12-15H2,1-2H3,(H,26,27,28,29). The van der Waals surface area contributed by atoms with E-state index in [2.05, 4.69) is 42.2 Å². The molecule has 0 atom stereocenters. The number of aromatic nitrogens is 3. The minimum absolute atomic E-state index is 0.281. The highest BCUT2D eigenvalue weighted by Crippen LogP contribution is 2.30. The quantitative estimate of drug-likeness (QED) is 0.639. The molecule has 7 nitrogen and oxygen atoms in total. The van der Waals surface area contributed by atoms with Gasteiger partial charge in [-0.2, -0.15) is 28.1 Å². The van der Waals surface area contributed by atoms with Gasteiger partial charge in [0.2, 0.25) is 17.8 Å². The molecule has 2 aromatic carbocycles. The van der Waals surface area contributed by atoms with Crippen molar-refractivity contribution in [2.24, 2.45) is 0 Å². The summed E-state index contributed by atoms with van der Waals surface area (Å²) in [6, 6.07) is 15.0. The predicted molar refractivity (Wildman–Crippen MR) is 120 cm³/mol. The van der Waals surface area contributed by atoms with Crippen molar-refractivity contribution in [3.05, 3.63) is 60.2 Å². The second-order valence-corrected chi connectivity index (χ2v) is 7.66. The Labute approximate surface area is 184 Å². The van der Waals surface area contributed by atoms with Crippen LogP contribution in [0.1, 0.15) is 5.56 Å². The molecular formula is C22H24F3N7. The SMILES string of the molecule is CN(C)c1nc(Nc2ccc(C(F)(F)F)cc2)nc(N2CCN(c3ccccc3)CC2)n1. The molecular weight excluding hydrogens is 419 g/mol. The Kier molecular flexibility index (Phi) is 6.02. The fraction of sp³-hybridized carbons (Fsp3) is 0.318. The van der Waals surface area contributed by atoms with Gasteiger partial charge in [-0.3, -0.25) is 0 Å². The van der Waals surface area contributed by atoms with Crippen molar-refractivity contribution in [3.63, 3.8) is 0 Å². The molecule has 0 aliphatic carbocycles. The lowest BCUT2D eigenvalue weighted by molar-refractivity contribution is -0.137. The van der Waals surface area contributed by atoms with Gasteiger partial charge < -0.3 is 20.0 Å². The lowest BCUT2D eigenvalue weighted by atomic mass is 10.2. The monoisotopic (exact) mass is 443 g/mol. The number of rotatable bonds is 5. The number of para-hydroxylation sites is 1. The summed E-state index contributed by atoms with van der Waals surface area (Å²) in [5, 5.41) is 3.00. The van der Waals surface area contributed by atoms with Crippen LogP contribution in [0.2, 0.25) is 0 Å². The highest BCUT2D eigenvalue weighted by molar-refractivity contribution is 5.57. The summed E-state index contributed by atoms with van der Waals surface area (Å²) in [5.41, 5.74) is 0.944. The van der Waals surface area contributed by atoms with E-state index in [1.54, 1.807) is 4.90 Å². The molecule has 4 rings (SSSR count). The van der Waals surface area contributed by atoms with Gasteiger partial charge in [-0.15, -0.1) is 0 Å². The third-order valence-corrected chi connectivity index (χ3v) is 5.16. The second-order valence-electron chi connectivity index (χ2n) is 7.66. The highest BCUT2D eigenvalue weighted by Gasteiger charge is 2.30. The summed E-state index contributed by atoms with van der Waals surface area (Å²) in [5.74, 6) is 1.28. The van der Waals surface area contributed by atoms with Crippen LogP contribution in [0.15, 0.2) is 54.6 Å². The number of nitrogens with one attached hydrogen (secondary N) is 1. The fourth-order valence-electron chi connectivity index (χ4n) is 3.43. The molecule has 1 aliphatic rings. The van der Waals surface area contributed by atoms with E-state index in [9.17, 15) is 13.2 Å². The number of alkyl halides is 3. The van der Waals surface area contributed by atoms with Crippen LogP contribution >= 0.6 is 0 Å². The number of hydrogen-bond acceptors (Lipinski definition) is 7. The van der Waals surface area contributed by atoms with Gasteiger partial charge in [0.05, 0.1) is 5.56 Å². The number of benzene rings is 2. The van der Waals surface area contributed by atoms with E-state index in [0.717, 1.165) is 38.3 Å². The minimum Gasteiger partial charge on any atom is -0.368 e. The van der Waals surface area contributed by atoms with E-state index in [0.29, 0.717) is 17.6 Å². The first kappa shape index (κ1) is 21.7. The Balaban J connectivity index is 1.51. The Morgan fingerprint density at radius 3 is 2.03 bits per heavy atom. The number of piperazine rings is 1. The number of nitrogens with zero attached hydrogens (tertiary/aromatic N) is 6. The molecule has 168 valence electrons. The van der Waals surface area contributed by atoms with Gasteiger partial charge in [-0.1, -0.05) is 18.2 Å². The molecule has 0 bridgehead atoms. The zero-order chi connectivity index (χ0) is 22.7. The van der Waals surface area contributed by atoms with Gasteiger partial charge in [-0.05, 0) is 36.4 Å². The van der Waals surface area contributed by atoms with Crippen LogP contribution in [0.4, 0.5) is 42.4 Å². The summed E-state index contributed by atoms with van der Waals surface area (Å²) in [7, 11) is 3.66. The molecule has 10 heteroatoms. The van der Waals surface area contributed by atoms with Crippen molar-refractivity contribution in [2.75, 3.05) is 60.3 Å². The van der Waals surface area contributed by atoms with Crippen LogP contribution in [0, 0.1) is 0 Å². The van der Waals surface area contributed by atoms with Crippen molar-refractivity contribution in [3.8, 4) is 0 Å². The molecule has 0 saturated carbocycles. The van der Waals surface area contributed by atoms with Gasteiger partial charge in [0.15, 0.2) is 0 Å². The summed E-state index contributed by atoms with van der Waals surface area (Å²) >= 11 is 0. The Bertz CT molecular complexity index is 1030. The van der Waals surface area contributed by atoms with Crippen molar-refractivity contribution in [1.29, 1.82) is 0 Å². The predicted octanol–water partition coefficient (Wildman–Crippen LogP) is 4.03. The van der Waals surface area contributed by atoms with Crippen molar-refractivity contribution in [2.45, 2.75) is 6.18 Å². The number of halogens is 3. The zero-order valence-corrected chi connectivity index (χ0v) is 17.8. The van der Waals surface area contributed by atoms with E-state index in [-0.39, 0.29) is 5.95 Å². The van der Waals surface area contributed by atoms with Crippen LogP contribution in [0.3, 0.4) is 0 Å². The largest absolute Gasteiger partial charge is 0.416 e. The third kappa shape index (κ3) is 5.01. The Morgan fingerprint density at radius 2 is 1.44 bits per heavy atom. The number of hydrogen-bond donors (Lipinski definition) is 1. The summed E-state index contributed by atoms with van der Waals surface area (Å²) in [6.45, 7) is 3.14. The zero-order valence-electron chi connectivity index (χ0n) is 17.8. The molecule has 0 radical (unpaired) electrons. The molecule has 1 aromatic heterocycles. The average molecular weight is 443 g/mol. The Hall–Kier alpha value is -3.56. The first-order chi connectivity index (χ1) is 15.3. The first-order valence-corrected chi connectivity index (χ1v) is 10.2. The van der Waals surface area contributed by atoms with E-state index >= 15 is 0 Å². The summed E-state index contributed by atoms with van der Waals surface area (Å²) in [6.07, 6.45) is -4.38. The lowest BCUT2D eigenvalue weighted by Crippen LogP contribution is -2.47. The van der Waals surface area contributed by atoms with E-state index in [1.165, 1.54) is 17.8 Å². The van der Waals surface area contributed by atoms with Gasteiger partial charge in [0.25, 0.3) is 0 Å². The van der Waals surface area contributed by atoms with Crippen molar-refractivity contribution >= 4 is 29.2 Å². The molecule has 1 N–H and O–H groups in total. The Morgan fingerprint density at radius 1 is 0.812 bits per heavy atom. The van der Waals surface area contributed by atoms with E-state index < -0.39 is 11.7 Å². The van der Waals surface area contributed by atoms with Gasteiger partial charge >= 0.3 is 6.18 Å². The van der Waals surface area contributed by atoms with Gasteiger partial charge in [0.1, 0.15) is 0 Å². The topological polar surface area (TPSA) is 60.4 Å². The molecule has 0 unspecified atom stereocenters. The maximum Gasteiger partial charge on any atom is 0.416 e. The average Bonchev–Trinajstić information content (AvgIpc) is 2.79. The number of anilines is 5. The van der Waals surface area contributed by atoms with Crippen LogP contribution < -0.4 is 20.0 Å². The van der Waals surface area contributed by atoms with Crippen LogP contribution in [0.25, 0.3) is 0 Å². The van der Waals surface area contributed by atoms with Crippen molar-refractivity contribution in [1.82, 2.24) is 15.0 Å². The normalized spacial score (nSPS) is 14.4. The molecule has 32 heavy (non-hydrogen) atoms. The van der Waals surface area contributed by atoms with E-state index in [1.807, 2.05) is 32.3 Å². The summed E-state index contributed by atoms with van der Waals surface area (Å²) in [4.78, 5) is 19.7. The third-order valence-electron chi connectivity index (χ3n) is 5.16. The van der Waals surface area contributed by atoms with Gasteiger partial charge in [0, 0.05) is 51.6 Å². The molecule has 1 fully saturated rings. The van der Waals surface area contributed by atoms with Gasteiger partial charge in [-0.25, -0.2) is 0 Å². The molecule has 0 spiro atoms. The molecule has 0 amide bonds. The minimum atomic E-state index is -4.38. The second kappa shape index (κ2) is 8.89. The van der Waals surface area contributed by atoms with Crippen molar-refractivity contribution < 1.29 is 13.2 Å². The lowest BCUT2D eigenvalue weighted by Gasteiger charge is -2.36. The maximum absolute atomic E-state index is 12.8. The molecule has 3 aromatic rings. The van der Waals surface area contributed by atoms with Crippen LogP contribution in [-0.2, 0) is 6.18 Å². The van der Waals surface area contributed by atoms with Crippen LogP contribution in [0.5, 0.6) is 0 Å². The molecule has 2 heterocycles.